The topological polar surface area (TPSA) is 26.2 Å². The Labute approximate surface area is 293 Å². The van der Waals surface area contributed by atoms with E-state index in [1.54, 1.807) is 0 Å². The Morgan fingerprint density at radius 1 is 0.480 bits per heavy atom. The fourth-order valence-corrected chi connectivity index (χ4v) is 7.81. The number of anilines is 3. The zero-order valence-corrected chi connectivity index (χ0v) is 28.0. The minimum Gasteiger partial charge on any atom is -0.456 e. The number of benzene rings is 7. The molecule has 0 bridgehead atoms. The molecule has 0 aliphatic heterocycles. The van der Waals surface area contributed by atoms with E-state index in [9.17, 15) is 0 Å². The van der Waals surface area contributed by atoms with Gasteiger partial charge < -0.3 is 9.32 Å². The van der Waals surface area contributed by atoms with Crippen molar-refractivity contribution in [3.63, 3.8) is 0 Å². The van der Waals surface area contributed by atoms with E-state index in [4.69, 9.17) is 16.0 Å². The van der Waals surface area contributed by atoms with Crippen LogP contribution in [0.4, 0.5) is 17.1 Å². The van der Waals surface area contributed by atoms with Crippen molar-refractivity contribution in [1.82, 2.24) is 9.13 Å². The molecule has 50 heavy (non-hydrogen) atoms. The Morgan fingerprint density at radius 3 is 1.92 bits per heavy atom. The maximum Gasteiger partial charge on any atom is 0.135 e. The van der Waals surface area contributed by atoms with Gasteiger partial charge in [-0.2, -0.15) is 0 Å². The standard InChI is InChI=1S/C45H30ClN3O/c1-29-11-10-16-33(25-29)47(34-21-24-43-38(27-34)36-17-8-9-18-42(36)50-43)35-20-22-37-41(28-35)49(32-14-6-3-7-15-32)45-44(37)39-26-30(46)19-23-40(39)48(45)31-12-4-2-5-13-31/h2-28H,1H3. The van der Waals surface area contributed by atoms with Crippen LogP contribution in [0.3, 0.4) is 0 Å². The van der Waals surface area contributed by atoms with Gasteiger partial charge in [-0.3, -0.25) is 9.13 Å². The third kappa shape index (κ3) is 4.39. The third-order valence-corrected chi connectivity index (χ3v) is 10.0. The van der Waals surface area contributed by atoms with Crippen LogP contribution in [0.25, 0.3) is 66.2 Å². The molecule has 0 spiro atoms. The van der Waals surface area contributed by atoms with Crippen molar-refractivity contribution in [2.75, 3.05) is 4.90 Å². The SMILES string of the molecule is Cc1cccc(N(c2ccc3oc4ccccc4c3c2)c2ccc3c4c5cc(Cl)ccc5n(-c5ccccc5)c4n(-c4ccccc4)c3c2)c1. The van der Waals surface area contributed by atoms with Gasteiger partial charge in [0.1, 0.15) is 16.8 Å². The molecule has 0 radical (unpaired) electrons. The highest BCUT2D eigenvalue weighted by atomic mass is 35.5. The van der Waals surface area contributed by atoms with Crippen molar-refractivity contribution in [2.24, 2.45) is 0 Å². The molecule has 0 unspecified atom stereocenters. The number of nitrogens with zero attached hydrogens (tertiary/aromatic N) is 3. The van der Waals surface area contributed by atoms with Gasteiger partial charge in [0.15, 0.2) is 0 Å². The minimum atomic E-state index is 0.717. The molecule has 0 saturated carbocycles. The lowest BCUT2D eigenvalue weighted by Gasteiger charge is -2.26. The van der Waals surface area contributed by atoms with E-state index in [1.807, 2.05) is 18.2 Å². The molecule has 10 rings (SSSR count). The van der Waals surface area contributed by atoms with Gasteiger partial charge in [0, 0.05) is 60.4 Å². The highest BCUT2D eigenvalue weighted by molar-refractivity contribution is 6.32. The van der Waals surface area contributed by atoms with E-state index in [0.29, 0.717) is 0 Å². The fourth-order valence-electron chi connectivity index (χ4n) is 7.64. The molecule has 0 aliphatic carbocycles. The van der Waals surface area contributed by atoms with Gasteiger partial charge in [0.2, 0.25) is 0 Å². The number of halogens is 1. The van der Waals surface area contributed by atoms with Crippen LogP contribution < -0.4 is 4.90 Å². The first-order valence-electron chi connectivity index (χ1n) is 16.8. The Hall–Kier alpha value is -6.23. The predicted octanol–water partition coefficient (Wildman–Crippen LogP) is 13.1. The number of rotatable bonds is 5. The smallest absolute Gasteiger partial charge is 0.135 e. The summed E-state index contributed by atoms with van der Waals surface area (Å²) in [5.74, 6) is 0. The van der Waals surface area contributed by atoms with E-state index in [0.717, 1.165) is 82.9 Å². The molecular weight excluding hydrogens is 634 g/mol. The van der Waals surface area contributed by atoms with E-state index in [-0.39, 0.29) is 0 Å². The third-order valence-electron chi connectivity index (χ3n) is 9.77. The molecule has 0 N–H and O–H groups in total. The van der Waals surface area contributed by atoms with Crippen LogP contribution in [-0.2, 0) is 0 Å². The van der Waals surface area contributed by atoms with Crippen LogP contribution in [0.5, 0.6) is 0 Å². The number of fused-ring (bicyclic) bond motifs is 8. The van der Waals surface area contributed by atoms with Crippen LogP contribution in [0.2, 0.25) is 5.02 Å². The fraction of sp³-hybridized carbons (Fsp3) is 0.0222. The van der Waals surface area contributed by atoms with E-state index >= 15 is 0 Å². The maximum atomic E-state index is 6.70. The first kappa shape index (κ1) is 28.8. The predicted molar refractivity (Wildman–Crippen MR) is 209 cm³/mol. The quantitative estimate of drug-likeness (QED) is 0.183. The number of furan rings is 1. The number of hydrogen-bond acceptors (Lipinski definition) is 2. The van der Waals surface area contributed by atoms with Crippen LogP contribution >= 0.6 is 11.6 Å². The molecule has 0 aliphatic rings. The lowest BCUT2D eigenvalue weighted by Crippen LogP contribution is -2.10. The van der Waals surface area contributed by atoms with Crippen LogP contribution in [0, 0.1) is 6.92 Å². The maximum absolute atomic E-state index is 6.70. The Bertz CT molecular complexity index is 2900. The van der Waals surface area contributed by atoms with E-state index < -0.39 is 0 Å². The molecule has 0 amide bonds. The average Bonchev–Trinajstić information content (AvgIpc) is 3.79. The van der Waals surface area contributed by atoms with Crippen molar-refractivity contribution in [3.8, 4) is 11.4 Å². The van der Waals surface area contributed by atoms with Gasteiger partial charge in [-0.15, -0.1) is 0 Å². The van der Waals surface area contributed by atoms with Gasteiger partial charge in [-0.1, -0.05) is 84.4 Å². The second kappa shape index (κ2) is 11.2. The van der Waals surface area contributed by atoms with Crippen LogP contribution in [0.1, 0.15) is 5.56 Å². The molecule has 0 saturated heterocycles. The van der Waals surface area contributed by atoms with Crippen LogP contribution in [0.15, 0.2) is 168 Å². The van der Waals surface area contributed by atoms with Crippen molar-refractivity contribution >= 4 is 83.4 Å². The van der Waals surface area contributed by atoms with Crippen molar-refractivity contribution in [1.29, 1.82) is 0 Å². The minimum absolute atomic E-state index is 0.717. The summed E-state index contributed by atoms with van der Waals surface area (Å²) in [6.45, 7) is 2.14. The Balaban J connectivity index is 1.30. The average molecular weight is 664 g/mol. The Morgan fingerprint density at radius 2 is 1.14 bits per heavy atom. The molecule has 4 nitrogen and oxygen atoms in total. The molecular formula is C45H30ClN3O. The zero-order chi connectivity index (χ0) is 33.3. The van der Waals surface area contributed by atoms with Gasteiger partial charge in [-0.25, -0.2) is 0 Å². The second-order valence-electron chi connectivity index (χ2n) is 12.9. The summed E-state index contributed by atoms with van der Waals surface area (Å²) >= 11 is 6.70. The van der Waals surface area contributed by atoms with E-state index in [2.05, 4.69) is 167 Å². The summed E-state index contributed by atoms with van der Waals surface area (Å²) in [6, 6.07) is 57.7. The molecule has 3 aromatic heterocycles. The van der Waals surface area contributed by atoms with Gasteiger partial charge in [0.25, 0.3) is 0 Å². The number of para-hydroxylation sites is 3. The molecule has 238 valence electrons. The molecule has 3 heterocycles. The summed E-state index contributed by atoms with van der Waals surface area (Å²) in [6.07, 6.45) is 0. The van der Waals surface area contributed by atoms with Gasteiger partial charge >= 0.3 is 0 Å². The number of aromatic nitrogens is 2. The lowest BCUT2D eigenvalue weighted by atomic mass is 10.1. The zero-order valence-electron chi connectivity index (χ0n) is 27.2. The van der Waals surface area contributed by atoms with Gasteiger partial charge in [0.05, 0.1) is 11.0 Å². The molecule has 0 atom stereocenters. The summed E-state index contributed by atoms with van der Waals surface area (Å²) in [5, 5.41) is 6.37. The monoisotopic (exact) mass is 663 g/mol. The summed E-state index contributed by atoms with van der Waals surface area (Å²) in [7, 11) is 0. The second-order valence-corrected chi connectivity index (χ2v) is 13.3. The molecule has 7 aromatic carbocycles. The van der Waals surface area contributed by atoms with Crippen molar-refractivity contribution in [3.05, 3.63) is 174 Å². The first-order valence-corrected chi connectivity index (χ1v) is 17.2. The molecule has 5 heteroatoms. The largest absolute Gasteiger partial charge is 0.456 e. The highest BCUT2D eigenvalue weighted by Crippen LogP contribution is 2.45. The molecule has 0 fully saturated rings. The number of hydrogen-bond donors (Lipinski definition) is 0. The number of aryl methyl sites for hydroxylation is 1. The lowest BCUT2D eigenvalue weighted by molar-refractivity contribution is 0.669. The van der Waals surface area contributed by atoms with Crippen molar-refractivity contribution in [2.45, 2.75) is 6.92 Å². The summed E-state index contributed by atoms with van der Waals surface area (Å²) in [5.41, 5.74) is 11.7. The Kier molecular flexibility index (Phi) is 6.42. The molecule has 10 aromatic rings. The van der Waals surface area contributed by atoms with Crippen LogP contribution in [-0.4, -0.2) is 9.13 Å². The van der Waals surface area contributed by atoms with Crippen molar-refractivity contribution < 1.29 is 4.42 Å². The summed E-state index contributed by atoms with van der Waals surface area (Å²) in [4.78, 5) is 2.35. The highest BCUT2D eigenvalue weighted by Gasteiger charge is 2.24. The first-order chi connectivity index (χ1) is 24.6. The van der Waals surface area contributed by atoms with Gasteiger partial charge in [-0.05, 0) is 103 Å². The normalized spacial score (nSPS) is 11.8. The van der Waals surface area contributed by atoms with E-state index in [1.165, 1.54) is 10.9 Å². The summed E-state index contributed by atoms with van der Waals surface area (Å²) < 4.78 is 11.0.